The van der Waals surface area contributed by atoms with Gasteiger partial charge in [-0.25, -0.2) is 9.97 Å². The second-order valence-corrected chi connectivity index (χ2v) is 6.08. The minimum Gasteiger partial charge on any atom is -0.354 e. The molecule has 2 aromatic rings. The molecule has 3 nitrogen and oxygen atoms in total. The van der Waals surface area contributed by atoms with Gasteiger partial charge < -0.3 is 5.32 Å². The second-order valence-electron chi connectivity index (χ2n) is 6.08. The number of benzene rings is 1. The fourth-order valence-electron chi connectivity index (χ4n) is 2.09. The molecule has 1 N–H and O–H groups in total. The van der Waals surface area contributed by atoms with Crippen LogP contribution in [0, 0.1) is 6.92 Å². The quantitative estimate of drug-likeness (QED) is 0.908. The fourth-order valence-corrected chi connectivity index (χ4v) is 2.09. The number of nitrogens with one attached hydrogen (secondary N) is 1. The molecule has 0 fully saturated rings. The zero-order valence-corrected chi connectivity index (χ0v) is 13.0. The first-order valence-corrected chi connectivity index (χ1v) is 7.10. The van der Waals surface area contributed by atoms with Gasteiger partial charge in [-0.1, -0.05) is 45.0 Å². The Kier molecular flexibility index (Phi) is 4.07. The molecule has 0 aliphatic rings. The molecule has 0 spiro atoms. The third kappa shape index (κ3) is 3.35. The van der Waals surface area contributed by atoms with Crippen molar-refractivity contribution in [3.8, 4) is 11.3 Å². The summed E-state index contributed by atoms with van der Waals surface area (Å²) in [5, 5.41) is 3.17. The largest absolute Gasteiger partial charge is 0.354 e. The van der Waals surface area contributed by atoms with Crippen LogP contribution >= 0.6 is 0 Å². The highest BCUT2D eigenvalue weighted by Gasteiger charge is 2.13. The third-order valence-corrected chi connectivity index (χ3v) is 3.24. The van der Waals surface area contributed by atoms with Gasteiger partial charge in [0, 0.05) is 17.8 Å². The summed E-state index contributed by atoms with van der Waals surface area (Å²) >= 11 is 0. The molecule has 0 saturated carbocycles. The summed E-state index contributed by atoms with van der Waals surface area (Å²) < 4.78 is 0. The molecule has 106 valence electrons. The number of aryl methyl sites for hydroxylation is 1. The molecule has 0 aliphatic carbocycles. The third-order valence-electron chi connectivity index (χ3n) is 3.24. The molecule has 3 heteroatoms. The van der Waals surface area contributed by atoms with Gasteiger partial charge in [0.2, 0.25) is 5.95 Å². The van der Waals surface area contributed by atoms with Crippen molar-refractivity contribution in [2.24, 2.45) is 0 Å². The molecule has 1 aromatic heterocycles. The predicted octanol–water partition coefficient (Wildman–Crippen LogP) is 4.18. The molecular weight excluding hydrogens is 246 g/mol. The molecule has 20 heavy (non-hydrogen) atoms. The molecule has 0 amide bonds. The lowest BCUT2D eigenvalue weighted by molar-refractivity contribution is 0.590. The Labute approximate surface area is 121 Å². The van der Waals surface area contributed by atoms with Crippen LogP contribution < -0.4 is 5.32 Å². The molecule has 0 unspecified atom stereocenters. The van der Waals surface area contributed by atoms with Crippen LogP contribution in [-0.2, 0) is 5.41 Å². The fraction of sp³-hybridized carbons (Fsp3) is 0.412. The Morgan fingerprint density at radius 3 is 2.25 bits per heavy atom. The first-order chi connectivity index (χ1) is 9.40. The average molecular weight is 269 g/mol. The molecular formula is C17H23N3. The standard InChI is InChI=1S/C17H23N3/c1-6-18-16-19-12(2)11-15(20-16)13-7-9-14(10-8-13)17(3,4)5/h7-11H,6H2,1-5H3,(H,18,19,20). The van der Waals surface area contributed by atoms with Gasteiger partial charge in [0.05, 0.1) is 5.69 Å². The lowest BCUT2D eigenvalue weighted by Gasteiger charge is -2.19. The summed E-state index contributed by atoms with van der Waals surface area (Å²) in [5.41, 5.74) is 4.58. The summed E-state index contributed by atoms with van der Waals surface area (Å²) in [6.07, 6.45) is 0. The van der Waals surface area contributed by atoms with Crippen molar-refractivity contribution >= 4 is 5.95 Å². The molecule has 0 radical (unpaired) electrons. The number of hydrogen-bond acceptors (Lipinski definition) is 3. The lowest BCUT2D eigenvalue weighted by atomic mass is 9.86. The Bertz CT molecular complexity index is 580. The van der Waals surface area contributed by atoms with Crippen molar-refractivity contribution in [2.45, 2.75) is 40.0 Å². The summed E-state index contributed by atoms with van der Waals surface area (Å²) in [7, 11) is 0. The SMILES string of the molecule is CCNc1nc(C)cc(-c2ccc(C(C)(C)C)cc2)n1. The Hall–Kier alpha value is -1.90. The molecule has 1 heterocycles. The van der Waals surface area contributed by atoms with E-state index in [1.54, 1.807) is 0 Å². The van der Waals surface area contributed by atoms with Crippen molar-refractivity contribution in [3.63, 3.8) is 0 Å². The van der Waals surface area contributed by atoms with E-state index in [-0.39, 0.29) is 5.41 Å². The van der Waals surface area contributed by atoms with Gasteiger partial charge in [0.25, 0.3) is 0 Å². The van der Waals surface area contributed by atoms with Crippen LogP contribution in [0.4, 0.5) is 5.95 Å². The van der Waals surface area contributed by atoms with Gasteiger partial charge in [-0.15, -0.1) is 0 Å². The normalized spacial score (nSPS) is 11.4. The van der Waals surface area contributed by atoms with Crippen LogP contribution in [0.5, 0.6) is 0 Å². The second kappa shape index (κ2) is 5.61. The Morgan fingerprint density at radius 2 is 1.70 bits per heavy atom. The Balaban J connectivity index is 2.36. The van der Waals surface area contributed by atoms with E-state index in [0.29, 0.717) is 5.95 Å². The maximum absolute atomic E-state index is 4.56. The van der Waals surface area contributed by atoms with Crippen LogP contribution in [0.15, 0.2) is 30.3 Å². The van der Waals surface area contributed by atoms with Crippen LogP contribution in [0.3, 0.4) is 0 Å². The summed E-state index contributed by atoms with van der Waals surface area (Å²) in [5.74, 6) is 0.697. The highest BCUT2D eigenvalue weighted by molar-refractivity contribution is 5.61. The zero-order valence-electron chi connectivity index (χ0n) is 13.0. The molecule has 0 saturated heterocycles. The van der Waals surface area contributed by atoms with Crippen molar-refractivity contribution in [2.75, 3.05) is 11.9 Å². The van der Waals surface area contributed by atoms with E-state index in [1.807, 2.05) is 19.9 Å². The minimum atomic E-state index is 0.176. The summed E-state index contributed by atoms with van der Waals surface area (Å²) in [4.78, 5) is 8.95. The van der Waals surface area contributed by atoms with Gasteiger partial charge in [-0.3, -0.25) is 0 Å². The van der Waals surface area contributed by atoms with E-state index in [9.17, 15) is 0 Å². The van der Waals surface area contributed by atoms with E-state index in [2.05, 4.69) is 60.3 Å². The van der Waals surface area contributed by atoms with E-state index in [1.165, 1.54) is 5.56 Å². The zero-order chi connectivity index (χ0) is 14.8. The van der Waals surface area contributed by atoms with E-state index in [4.69, 9.17) is 0 Å². The van der Waals surface area contributed by atoms with Crippen molar-refractivity contribution in [3.05, 3.63) is 41.6 Å². The van der Waals surface area contributed by atoms with Crippen molar-refractivity contribution < 1.29 is 0 Å². The first-order valence-electron chi connectivity index (χ1n) is 7.10. The van der Waals surface area contributed by atoms with E-state index < -0.39 is 0 Å². The number of rotatable bonds is 3. The monoisotopic (exact) mass is 269 g/mol. The molecule has 2 rings (SSSR count). The smallest absolute Gasteiger partial charge is 0.223 e. The van der Waals surface area contributed by atoms with Gasteiger partial charge in [0.15, 0.2) is 0 Å². The predicted molar refractivity (Wildman–Crippen MR) is 85.1 cm³/mol. The minimum absolute atomic E-state index is 0.176. The Morgan fingerprint density at radius 1 is 1.05 bits per heavy atom. The highest BCUT2D eigenvalue weighted by Crippen LogP contribution is 2.25. The molecule has 0 bridgehead atoms. The van der Waals surface area contributed by atoms with Gasteiger partial charge in [-0.05, 0) is 30.9 Å². The lowest BCUT2D eigenvalue weighted by Crippen LogP contribution is -2.10. The van der Waals surface area contributed by atoms with Gasteiger partial charge in [-0.2, -0.15) is 0 Å². The van der Waals surface area contributed by atoms with Gasteiger partial charge in [0.1, 0.15) is 0 Å². The molecule has 1 aromatic carbocycles. The highest BCUT2D eigenvalue weighted by atomic mass is 15.1. The maximum atomic E-state index is 4.56. The van der Waals surface area contributed by atoms with Crippen molar-refractivity contribution in [1.29, 1.82) is 0 Å². The number of nitrogens with zero attached hydrogens (tertiary/aromatic N) is 2. The van der Waals surface area contributed by atoms with Gasteiger partial charge >= 0.3 is 0 Å². The summed E-state index contributed by atoms with van der Waals surface area (Å²) in [6, 6.07) is 10.7. The van der Waals surface area contributed by atoms with Crippen LogP contribution in [0.2, 0.25) is 0 Å². The van der Waals surface area contributed by atoms with Crippen LogP contribution in [-0.4, -0.2) is 16.5 Å². The number of hydrogen-bond donors (Lipinski definition) is 1. The van der Waals surface area contributed by atoms with E-state index in [0.717, 1.165) is 23.5 Å². The van der Waals surface area contributed by atoms with Crippen LogP contribution in [0.25, 0.3) is 11.3 Å². The van der Waals surface area contributed by atoms with Crippen molar-refractivity contribution in [1.82, 2.24) is 9.97 Å². The maximum Gasteiger partial charge on any atom is 0.223 e. The summed E-state index contributed by atoms with van der Waals surface area (Å²) in [6.45, 7) is 11.5. The van der Waals surface area contributed by atoms with Crippen LogP contribution in [0.1, 0.15) is 39.0 Å². The first kappa shape index (κ1) is 14.5. The number of anilines is 1. The molecule has 0 atom stereocenters. The topological polar surface area (TPSA) is 37.8 Å². The molecule has 0 aliphatic heterocycles. The van der Waals surface area contributed by atoms with E-state index >= 15 is 0 Å². The number of aromatic nitrogens is 2. The average Bonchev–Trinajstić information content (AvgIpc) is 2.37.